The van der Waals surface area contributed by atoms with Crippen molar-refractivity contribution in [3.63, 3.8) is 0 Å². The smallest absolute Gasteiger partial charge is 0.310 e. The number of rotatable bonds is 7. The first-order valence-electron chi connectivity index (χ1n) is 10.3. The average Bonchev–Trinajstić information content (AvgIpc) is 2.72. The van der Waals surface area contributed by atoms with Crippen LogP contribution in [-0.2, 0) is 4.79 Å². The molecule has 0 unspecified atom stereocenters. The van der Waals surface area contributed by atoms with E-state index in [1.165, 1.54) is 29.4 Å². The fraction of sp³-hybridized carbons (Fsp3) is 0.391. The molecule has 2 aromatic carbocycles. The molecule has 8 heteroatoms. The summed E-state index contributed by atoms with van der Waals surface area (Å²) in [7, 11) is 0. The van der Waals surface area contributed by atoms with Crippen molar-refractivity contribution in [2.24, 2.45) is 5.10 Å². The number of nitro groups is 1. The van der Waals surface area contributed by atoms with Crippen LogP contribution in [0.3, 0.4) is 0 Å². The standard InChI is InChI=1S/C23H28N4O4/c1-5-26-19-11-10-17(12-18(19)16(2)13-23(26,3)4)14-24-25-22(28)15-31-21-9-7-6-8-20(21)27(29)30/h6-12,14,16H,5,13,15H2,1-4H3,(H,25,28)/b24-14+/t16-/m0/s1. The number of hydrazone groups is 1. The Labute approximate surface area is 182 Å². The first-order chi connectivity index (χ1) is 14.7. The van der Waals surface area contributed by atoms with Gasteiger partial charge in [-0.3, -0.25) is 14.9 Å². The summed E-state index contributed by atoms with van der Waals surface area (Å²) in [6.45, 7) is 9.51. The lowest BCUT2D eigenvalue weighted by Gasteiger charge is -2.47. The van der Waals surface area contributed by atoms with Gasteiger partial charge in [0.15, 0.2) is 12.4 Å². The van der Waals surface area contributed by atoms with E-state index < -0.39 is 10.8 Å². The summed E-state index contributed by atoms with van der Waals surface area (Å²) in [5.74, 6) is -0.0378. The number of fused-ring (bicyclic) bond motifs is 1. The van der Waals surface area contributed by atoms with Gasteiger partial charge in [0.25, 0.3) is 5.91 Å². The van der Waals surface area contributed by atoms with Gasteiger partial charge in [0.05, 0.1) is 11.1 Å². The molecule has 1 aliphatic rings. The fourth-order valence-electron chi connectivity index (χ4n) is 4.27. The predicted molar refractivity (Wildman–Crippen MR) is 121 cm³/mol. The topological polar surface area (TPSA) is 97.1 Å². The van der Waals surface area contributed by atoms with Crippen LogP contribution >= 0.6 is 0 Å². The second-order valence-electron chi connectivity index (χ2n) is 8.29. The van der Waals surface area contributed by atoms with Gasteiger partial charge >= 0.3 is 5.69 Å². The third-order valence-corrected chi connectivity index (χ3v) is 5.55. The van der Waals surface area contributed by atoms with E-state index in [4.69, 9.17) is 4.74 Å². The maximum atomic E-state index is 12.0. The van der Waals surface area contributed by atoms with Gasteiger partial charge in [-0.1, -0.05) is 25.1 Å². The van der Waals surface area contributed by atoms with Crippen LogP contribution in [0, 0.1) is 10.1 Å². The molecular formula is C23H28N4O4. The highest BCUT2D eigenvalue weighted by Crippen LogP contribution is 2.43. The zero-order chi connectivity index (χ0) is 22.6. The van der Waals surface area contributed by atoms with Gasteiger partial charge in [0, 0.05) is 23.8 Å². The average molecular weight is 425 g/mol. The summed E-state index contributed by atoms with van der Waals surface area (Å²) in [5.41, 5.74) is 5.73. The zero-order valence-corrected chi connectivity index (χ0v) is 18.3. The third kappa shape index (κ3) is 5.02. The molecule has 0 spiro atoms. The molecule has 1 aliphatic heterocycles. The van der Waals surface area contributed by atoms with Gasteiger partial charge in [-0.15, -0.1) is 0 Å². The number of nitrogens with one attached hydrogen (secondary N) is 1. The number of hydrogen-bond acceptors (Lipinski definition) is 6. The van der Waals surface area contributed by atoms with E-state index in [0.717, 1.165) is 18.5 Å². The summed E-state index contributed by atoms with van der Waals surface area (Å²) < 4.78 is 5.26. The summed E-state index contributed by atoms with van der Waals surface area (Å²) in [5, 5.41) is 15.0. The van der Waals surface area contributed by atoms with Crippen molar-refractivity contribution < 1.29 is 14.5 Å². The third-order valence-electron chi connectivity index (χ3n) is 5.55. The lowest BCUT2D eigenvalue weighted by molar-refractivity contribution is -0.385. The van der Waals surface area contributed by atoms with Crippen molar-refractivity contribution in [1.29, 1.82) is 0 Å². The van der Waals surface area contributed by atoms with E-state index in [9.17, 15) is 14.9 Å². The zero-order valence-electron chi connectivity index (χ0n) is 18.3. The van der Waals surface area contributed by atoms with E-state index in [-0.39, 0.29) is 23.6 Å². The second-order valence-corrected chi connectivity index (χ2v) is 8.29. The maximum absolute atomic E-state index is 12.0. The number of carbonyl (C=O) groups is 1. The molecule has 3 rings (SSSR count). The minimum atomic E-state index is -0.552. The molecule has 0 fully saturated rings. The van der Waals surface area contributed by atoms with E-state index >= 15 is 0 Å². The Hall–Kier alpha value is -3.42. The molecule has 8 nitrogen and oxygen atoms in total. The van der Waals surface area contributed by atoms with Crippen molar-refractivity contribution in [3.8, 4) is 5.75 Å². The van der Waals surface area contributed by atoms with Gasteiger partial charge in [-0.2, -0.15) is 5.10 Å². The van der Waals surface area contributed by atoms with E-state index in [1.54, 1.807) is 12.3 Å². The normalized spacial score (nSPS) is 17.3. The largest absolute Gasteiger partial charge is 0.477 e. The summed E-state index contributed by atoms with van der Waals surface area (Å²) >= 11 is 0. The minimum Gasteiger partial charge on any atom is -0.477 e. The minimum absolute atomic E-state index is 0.0405. The molecule has 31 heavy (non-hydrogen) atoms. The van der Waals surface area contributed by atoms with Crippen molar-refractivity contribution >= 4 is 23.5 Å². The van der Waals surface area contributed by atoms with Crippen LogP contribution in [-0.4, -0.2) is 35.7 Å². The highest BCUT2D eigenvalue weighted by atomic mass is 16.6. The van der Waals surface area contributed by atoms with Crippen LogP contribution in [0.15, 0.2) is 47.6 Å². The van der Waals surface area contributed by atoms with Crippen LogP contribution < -0.4 is 15.1 Å². The number of hydrogen-bond donors (Lipinski definition) is 1. The van der Waals surface area contributed by atoms with Gasteiger partial charge in [-0.05, 0) is 62.4 Å². The number of carbonyl (C=O) groups excluding carboxylic acids is 1. The number of amides is 1. The highest BCUT2D eigenvalue weighted by Gasteiger charge is 2.35. The molecule has 2 aromatic rings. The first kappa shape index (κ1) is 22.3. The maximum Gasteiger partial charge on any atom is 0.310 e. The van der Waals surface area contributed by atoms with Crippen LogP contribution in [0.2, 0.25) is 0 Å². The van der Waals surface area contributed by atoms with Crippen LogP contribution in [0.25, 0.3) is 0 Å². The quantitative estimate of drug-likeness (QED) is 0.407. The SMILES string of the molecule is CCN1c2ccc(/C=N/NC(=O)COc3ccccc3[N+](=O)[O-])cc2[C@@H](C)CC1(C)C. The van der Waals surface area contributed by atoms with E-state index in [0.29, 0.717) is 5.92 Å². The van der Waals surface area contributed by atoms with Crippen molar-refractivity contribution in [2.75, 3.05) is 18.1 Å². The van der Waals surface area contributed by atoms with Gasteiger partial charge < -0.3 is 9.64 Å². The Morgan fingerprint density at radius 3 is 2.81 bits per heavy atom. The molecule has 1 amide bonds. The molecule has 1 atom stereocenters. The molecule has 1 heterocycles. The second kappa shape index (κ2) is 9.16. The van der Waals surface area contributed by atoms with Crippen LogP contribution in [0.1, 0.15) is 51.2 Å². The molecule has 0 bridgehead atoms. The first-order valence-corrected chi connectivity index (χ1v) is 10.3. The lowest BCUT2D eigenvalue weighted by Crippen LogP contribution is -2.48. The monoisotopic (exact) mass is 424 g/mol. The van der Waals surface area contributed by atoms with Crippen molar-refractivity contribution in [2.45, 2.75) is 45.6 Å². The molecule has 0 aliphatic carbocycles. The summed E-state index contributed by atoms with van der Waals surface area (Å²) in [4.78, 5) is 24.9. The molecule has 0 aromatic heterocycles. The molecular weight excluding hydrogens is 396 g/mol. The number of para-hydroxylation sites is 2. The highest BCUT2D eigenvalue weighted by molar-refractivity contribution is 5.84. The van der Waals surface area contributed by atoms with E-state index in [2.05, 4.69) is 55.3 Å². The van der Waals surface area contributed by atoms with Crippen molar-refractivity contribution in [1.82, 2.24) is 5.43 Å². The number of anilines is 1. The fourth-order valence-corrected chi connectivity index (χ4v) is 4.27. The molecule has 1 N–H and O–H groups in total. The molecule has 0 radical (unpaired) electrons. The Morgan fingerprint density at radius 1 is 1.35 bits per heavy atom. The molecule has 0 saturated carbocycles. The number of nitrogens with zero attached hydrogens (tertiary/aromatic N) is 3. The number of ether oxygens (including phenoxy) is 1. The molecule has 164 valence electrons. The Balaban J connectivity index is 1.62. The number of nitro benzene ring substituents is 1. The summed E-state index contributed by atoms with van der Waals surface area (Å²) in [6.07, 6.45) is 2.65. The van der Waals surface area contributed by atoms with E-state index in [1.807, 2.05) is 6.07 Å². The van der Waals surface area contributed by atoms with Gasteiger partial charge in [-0.25, -0.2) is 5.43 Å². The van der Waals surface area contributed by atoms with Crippen LogP contribution in [0.5, 0.6) is 5.75 Å². The van der Waals surface area contributed by atoms with Gasteiger partial charge in [0.1, 0.15) is 0 Å². The Kier molecular flexibility index (Phi) is 6.58. The predicted octanol–water partition coefficient (Wildman–Crippen LogP) is 4.24. The van der Waals surface area contributed by atoms with Gasteiger partial charge in [0.2, 0.25) is 0 Å². The Morgan fingerprint density at radius 2 is 2.10 bits per heavy atom. The number of benzene rings is 2. The summed E-state index contributed by atoms with van der Waals surface area (Å²) in [6, 6.07) is 12.1. The van der Waals surface area contributed by atoms with Crippen LogP contribution in [0.4, 0.5) is 11.4 Å². The lowest BCUT2D eigenvalue weighted by atomic mass is 9.79. The van der Waals surface area contributed by atoms with Crippen molar-refractivity contribution in [3.05, 3.63) is 63.7 Å². The molecule has 0 saturated heterocycles. The Bertz CT molecular complexity index is 1000.